The third-order valence-corrected chi connectivity index (χ3v) is 10.8. The van der Waals surface area contributed by atoms with Crippen molar-refractivity contribution < 1.29 is 26.7 Å². The van der Waals surface area contributed by atoms with E-state index in [0.29, 0.717) is 19.5 Å². The van der Waals surface area contributed by atoms with Crippen molar-refractivity contribution in [3.63, 3.8) is 0 Å². The lowest BCUT2D eigenvalue weighted by atomic mass is 9.86. The molecule has 2 aromatic rings. The Morgan fingerprint density at radius 1 is 0.878 bits per heavy atom. The quantitative estimate of drug-likeness (QED) is 0.233. The number of β-amino-alcohol motifs (C(OH)–C–C–N with tert-alkyl or cyclic N) is 1. The maximum atomic E-state index is 12.7. The Bertz CT molecular complexity index is 1470. The highest BCUT2D eigenvalue weighted by Crippen LogP contribution is 2.40. The molecule has 15 heteroatoms. The Morgan fingerprint density at radius 2 is 1.39 bits per heavy atom. The maximum Gasteiger partial charge on any atom is 0.260 e. The number of sulfonamides is 2. The van der Waals surface area contributed by atoms with E-state index < -0.39 is 37.6 Å². The molecule has 224 valence electrons. The van der Waals surface area contributed by atoms with Gasteiger partial charge in [-0.15, -0.1) is 0 Å². The number of hydrogen-bond donors (Lipinski definition) is 1. The maximum absolute atomic E-state index is 12.7. The first-order valence-electron chi connectivity index (χ1n) is 13.3. The van der Waals surface area contributed by atoms with E-state index in [2.05, 4.69) is 33.8 Å². The Hall–Kier alpha value is -2.65. The van der Waals surface area contributed by atoms with Crippen molar-refractivity contribution in [2.24, 2.45) is 15.9 Å². The fraction of sp³-hybridized carbons (Fsp3) is 0.615. The van der Waals surface area contributed by atoms with Crippen molar-refractivity contribution in [2.75, 3.05) is 26.2 Å². The lowest BCUT2D eigenvalue weighted by Crippen LogP contribution is -2.41. The molecule has 5 heterocycles. The summed E-state index contributed by atoms with van der Waals surface area (Å²) in [6.45, 7) is 8.98. The third-order valence-electron chi connectivity index (χ3n) is 7.31. The number of azide groups is 1. The van der Waals surface area contributed by atoms with Crippen LogP contribution in [-0.2, 0) is 24.8 Å². The summed E-state index contributed by atoms with van der Waals surface area (Å²) in [7, 11) is -7.32. The van der Waals surface area contributed by atoms with Crippen LogP contribution in [0.2, 0.25) is 0 Å². The molecule has 41 heavy (non-hydrogen) atoms. The molecule has 3 fully saturated rings. The molecule has 3 saturated heterocycles. The summed E-state index contributed by atoms with van der Waals surface area (Å²) >= 11 is 0. The molecule has 0 radical (unpaired) electrons. The number of aliphatic hydroxyl groups is 1. The Morgan fingerprint density at radius 3 is 1.88 bits per heavy atom. The highest BCUT2D eigenvalue weighted by molar-refractivity contribution is 7.89. The number of nitrogens with zero attached hydrogens (tertiary/aromatic N) is 7. The number of rotatable bonds is 5. The van der Waals surface area contributed by atoms with E-state index in [9.17, 15) is 21.9 Å². The topological polar surface area (TPSA) is 182 Å². The Balaban J connectivity index is 0.000000191. The second kappa shape index (κ2) is 11.9. The predicted molar refractivity (Wildman–Crippen MR) is 150 cm³/mol. The molecular formula is C26H37N7O6S2. The zero-order valence-electron chi connectivity index (χ0n) is 23.6. The number of epoxide rings is 1. The predicted octanol–water partition coefficient (Wildman–Crippen LogP) is 2.81. The van der Waals surface area contributed by atoms with Crippen molar-refractivity contribution in [3.8, 4) is 0 Å². The fourth-order valence-electron chi connectivity index (χ4n) is 5.32. The van der Waals surface area contributed by atoms with Gasteiger partial charge in [0.15, 0.2) is 10.1 Å². The molecule has 1 N–H and O–H groups in total. The summed E-state index contributed by atoms with van der Waals surface area (Å²) in [4.78, 5) is 10.6. The van der Waals surface area contributed by atoms with Gasteiger partial charge in [-0.1, -0.05) is 44.9 Å². The van der Waals surface area contributed by atoms with Crippen molar-refractivity contribution >= 4 is 20.0 Å². The summed E-state index contributed by atoms with van der Waals surface area (Å²) in [6, 6.07) is 8.96. The van der Waals surface area contributed by atoms with Gasteiger partial charge in [-0.05, 0) is 53.5 Å². The minimum Gasteiger partial charge on any atom is -0.391 e. The first-order chi connectivity index (χ1) is 19.1. The number of pyridine rings is 2. The number of ether oxygens (including phenoxy) is 1. The second-order valence-corrected chi connectivity index (χ2v) is 16.0. The van der Waals surface area contributed by atoms with Gasteiger partial charge in [0.1, 0.15) is 0 Å². The van der Waals surface area contributed by atoms with Crippen LogP contribution in [0, 0.1) is 10.8 Å². The lowest BCUT2D eigenvalue weighted by molar-refractivity contribution is 0.129. The number of fused-ring (bicyclic) bond motifs is 1. The van der Waals surface area contributed by atoms with E-state index in [-0.39, 0.29) is 40.8 Å². The average Bonchev–Trinajstić information content (AvgIpc) is 3.67. The van der Waals surface area contributed by atoms with Crippen molar-refractivity contribution in [2.45, 2.75) is 74.9 Å². The summed E-state index contributed by atoms with van der Waals surface area (Å²) in [5.74, 6) is 0. The van der Waals surface area contributed by atoms with E-state index in [0.717, 1.165) is 6.42 Å². The summed E-state index contributed by atoms with van der Waals surface area (Å²) in [6.07, 6.45) is 3.47. The van der Waals surface area contributed by atoms with Crippen LogP contribution >= 0.6 is 0 Å². The first-order valence-corrected chi connectivity index (χ1v) is 16.2. The minimum atomic E-state index is -3.80. The van der Waals surface area contributed by atoms with Gasteiger partial charge in [-0.25, -0.2) is 26.8 Å². The van der Waals surface area contributed by atoms with Gasteiger partial charge in [0.25, 0.3) is 20.0 Å². The van der Waals surface area contributed by atoms with Crippen molar-refractivity contribution in [3.05, 3.63) is 59.2 Å². The fourth-order valence-corrected chi connectivity index (χ4v) is 8.47. The Labute approximate surface area is 241 Å². The monoisotopic (exact) mass is 607 g/mol. The highest BCUT2D eigenvalue weighted by atomic mass is 32.2. The molecule has 13 nitrogen and oxygen atoms in total. The van der Waals surface area contributed by atoms with Crippen LogP contribution in [0.15, 0.2) is 64.0 Å². The zero-order chi connectivity index (χ0) is 30.1. The molecule has 0 aromatic carbocycles. The van der Waals surface area contributed by atoms with E-state index in [1.165, 1.54) is 27.1 Å². The average molecular weight is 608 g/mol. The molecular weight excluding hydrogens is 570 g/mol. The molecule has 0 aliphatic carbocycles. The van der Waals surface area contributed by atoms with Crippen LogP contribution in [0.1, 0.15) is 40.5 Å². The van der Waals surface area contributed by atoms with Crippen LogP contribution in [0.4, 0.5) is 0 Å². The van der Waals surface area contributed by atoms with Crippen molar-refractivity contribution in [1.82, 2.24) is 18.6 Å². The molecule has 4 atom stereocenters. The molecule has 0 amide bonds. The van der Waals surface area contributed by atoms with Crippen LogP contribution in [0.25, 0.3) is 10.4 Å². The third kappa shape index (κ3) is 7.60. The van der Waals surface area contributed by atoms with Gasteiger partial charge in [0, 0.05) is 43.5 Å². The molecule has 3 aliphatic heterocycles. The van der Waals surface area contributed by atoms with Gasteiger partial charge in [0.2, 0.25) is 0 Å². The molecule has 4 unspecified atom stereocenters. The van der Waals surface area contributed by atoms with E-state index in [1.807, 2.05) is 13.8 Å². The van der Waals surface area contributed by atoms with E-state index in [1.54, 1.807) is 30.3 Å². The molecule has 0 saturated carbocycles. The summed E-state index contributed by atoms with van der Waals surface area (Å²) < 4.78 is 58.8. The van der Waals surface area contributed by atoms with Gasteiger partial charge < -0.3 is 9.84 Å². The zero-order valence-corrected chi connectivity index (χ0v) is 25.2. The molecule has 2 aromatic heterocycles. The number of aromatic nitrogens is 2. The standard InChI is InChI=1S/C13H19N5O3S.C13H18N2O3S/c1-13(2)7-10(16-17-14)11(19)8-18(9-13)22(20,21)12-5-3-4-6-15-12;1-13(2)7-10-11(18-10)8-15(9-13)19(16,17)12-5-3-4-6-14-12/h3-6,10-11,19H,7-9H2,1-2H3;3-6,10-11H,7-9H2,1-2H3. The van der Waals surface area contributed by atoms with Crippen molar-refractivity contribution in [1.29, 1.82) is 0 Å². The van der Waals surface area contributed by atoms with Crippen LogP contribution in [0.5, 0.6) is 0 Å². The van der Waals surface area contributed by atoms with Gasteiger partial charge in [0.05, 0.1) is 24.4 Å². The van der Waals surface area contributed by atoms with Gasteiger partial charge >= 0.3 is 0 Å². The summed E-state index contributed by atoms with van der Waals surface area (Å²) in [5, 5.41) is 13.9. The minimum absolute atomic E-state index is 0.0553. The highest BCUT2D eigenvalue weighted by Gasteiger charge is 2.49. The van der Waals surface area contributed by atoms with E-state index >= 15 is 0 Å². The molecule has 3 aliphatic rings. The SMILES string of the molecule is CC1(C)CC(N=[N+]=[N-])C(O)CN(S(=O)(=O)c2ccccn2)C1.CC1(C)CC2OC2CN(S(=O)(=O)c2ccccn2)C1. The molecule has 0 spiro atoms. The van der Waals surface area contributed by atoms with Crippen LogP contribution in [-0.4, -0.2) is 91.1 Å². The number of aliphatic hydroxyl groups excluding tert-OH is 1. The number of hydrogen-bond acceptors (Lipinski definition) is 9. The van der Waals surface area contributed by atoms with Crippen LogP contribution < -0.4 is 0 Å². The van der Waals surface area contributed by atoms with E-state index in [4.69, 9.17) is 10.3 Å². The first kappa shape index (κ1) is 31.3. The summed E-state index contributed by atoms with van der Waals surface area (Å²) in [5.41, 5.74) is 8.10. The smallest absolute Gasteiger partial charge is 0.260 e. The van der Waals surface area contributed by atoms with Gasteiger partial charge in [-0.3, -0.25) is 0 Å². The van der Waals surface area contributed by atoms with Gasteiger partial charge in [-0.2, -0.15) is 8.61 Å². The Kier molecular flexibility index (Phi) is 9.10. The molecule has 0 bridgehead atoms. The molecule has 5 rings (SSSR count). The normalized spacial score (nSPS) is 28.0. The van der Waals surface area contributed by atoms with Crippen LogP contribution in [0.3, 0.4) is 0 Å². The second-order valence-electron chi connectivity index (χ2n) is 12.2. The lowest BCUT2D eigenvalue weighted by Gasteiger charge is -2.29. The largest absolute Gasteiger partial charge is 0.391 e.